The number of aliphatic hydroxyl groups is 3. The molecule has 1 unspecified atom stereocenters. The number of nitrogens with one attached hydrogen (secondary N) is 6. The Hall–Kier alpha value is -6.89. The van der Waals surface area contributed by atoms with Gasteiger partial charge in [0.2, 0.25) is 5.91 Å². The van der Waals surface area contributed by atoms with Crippen LogP contribution in [0.15, 0.2) is 62.3 Å². The first-order chi connectivity index (χ1) is 36.3. The van der Waals surface area contributed by atoms with Crippen molar-refractivity contribution in [3.05, 3.63) is 100 Å². The number of aliphatic hydroxyl groups excluding tert-OH is 3. The lowest BCUT2D eigenvalue weighted by Gasteiger charge is -2.21. The summed E-state index contributed by atoms with van der Waals surface area (Å²) in [6.07, 6.45) is -0.261. The first kappa shape index (κ1) is 55.3. The van der Waals surface area contributed by atoms with Crippen molar-refractivity contribution < 1.29 is 44.1 Å². The van der Waals surface area contributed by atoms with E-state index in [1.807, 2.05) is 13.8 Å². The molecule has 22 nitrogen and oxygen atoms in total. The van der Waals surface area contributed by atoms with Crippen LogP contribution in [0.25, 0.3) is 49.1 Å². The van der Waals surface area contributed by atoms with Crippen LogP contribution in [-0.4, -0.2) is 117 Å². The summed E-state index contributed by atoms with van der Waals surface area (Å²) >= 11 is 6.97. The van der Waals surface area contributed by atoms with Crippen LogP contribution in [-0.2, 0) is 9.59 Å². The summed E-state index contributed by atoms with van der Waals surface area (Å²) in [5, 5.41) is 59.6. The summed E-state index contributed by atoms with van der Waals surface area (Å²) in [5.41, 5.74) is 2.26. The van der Waals surface area contributed by atoms with Gasteiger partial charge < -0.3 is 47.2 Å². The summed E-state index contributed by atoms with van der Waals surface area (Å²) in [7, 11) is 0. The molecule has 0 aliphatic carbocycles. The fourth-order valence-corrected chi connectivity index (χ4v) is 12.4. The van der Waals surface area contributed by atoms with Gasteiger partial charge in [-0.15, -0.1) is 68.0 Å². The summed E-state index contributed by atoms with van der Waals surface area (Å²) in [6, 6.07) is 0.366. The normalized spacial score (nSPS) is 18.5. The number of hydrogen-bond donors (Lipinski definition) is 9. The lowest BCUT2D eigenvalue weighted by atomic mass is 10.1. The number of rotatable bonds is 10. The van der Waals surface area contributed by atoms with E-state index in [-0.39, 0.29) is 51.6 Å². The van der Waals surface area contributed by atoms with E-state index < -0.39 is 71.9 Å². The lowest BCUT2D eigenvalue weighted by Crippen LogP contribution is -2.52. The molecule has 1 aliphatic heterocycles. The molecule has 396 valence electrons. The minimum absolute atomic E-state index is 0.00119. The van der Waals surface area contributed by atoms with Gasteiger partial charge in [-0.3, -0.25) is 28.8 Å². The van der Waals surface area contributed by atoms with E-state index in [0.29, 0.717) is 53.4 Å². The van der Waals surface area contributed by atoms with E-state index in [4.69, 9.17) is 15.0 Å². The highest BCUT2D eigenvalue weighted by Crippen LogP contribution is 2.38. The summed E-state index contributed by atoms with van der Waals surface area (Å²) < 4.78 is 0. The zero-order valence-corrected chi connectivity index (χ0v) is 46.3. The Bertz CT molecular complexity index is 3380. The molecule has 8 bridgehead atoms. The van der Waals surface area contributed by atoms with Crippen LogP contribution in [0.1, 0.15) is 118 Å². The predicted octanol–water partition coefficient (Wildman–Crippen LogP) is 5.57. The Morgan fingerprint density at radius 3 is 1.78 bits per heavy atom. The van der Waals surface area contributed by atoms with Crippen molar-refractivity contribution in [2.24, 2.45) is 5.92 Å². The number of thiazole rings is 6. The molecular weight excluding hydrogens is 1100 g/mol. The van der Waals surface area contributed by atoms with Gasteiger partial charge in [-0.1, -0.05) is 26.0 Å². The lowest BCUT2D eigenvalue weighted by molar-refractivity contribution is -0.124. The second-order valence-corrected chi connectivity index (χ2v) is 22.6. The summed E-state index contributed by atoms with van der Waals surface area (Å²) in [4.78, 5) is 114. The van der Waals surface area contributed by atoms with Gasteiger partial charge in [0.1, 0.15) is 87.7 Å². The monoisotopic (exact) mass is 1140 g/mol. The molecule has 0 spiro atoms. The van der Waals surface area contributed by atoms with Gasteiger partial charge in [-0.25, -0.2) is 34.9 Å². The van der Waals surface area contributed by atoms with Crippen LogP contribution in [0.3, 0.4) is 0 Å². The maximum atomic E-state index is 13.9. The summed E-state index contributed by atoms with van der Waals surface area (Å²) in [5.74, 6) is -4.00. The fourth-order valence-electron chi connectivity index (χ4n) is 7.20. The highest BCUT2D eigenvalue weighted by Gasteiger charge is 2.32. The zero-order chi connectivity index (χ0) is 54.5. The van der Waals surface area contributed by atoms with Crippen molar-refractivity contribution in [1.29, 1.82) is 0 Å². The number of hydrogen-bond acceptors (Lipinski definition) is 22. The topological polar surface area (TPSA) is 326 Å². The van der Waals surface area contributed by atoms with E-state index in [2.05, 4.69) is 51.8 Å². The van der Waals surface area contributed by atoms with Crippen molar-refractivity contribution in [3.8, 4) is 43.4 Å². The molecule has 6 atom stereocenters. The first-order valence-corrected chi connectivity index (χ1v) is 28.6. The van der Waals surface area contributed by atoms with E-state index in [0.717, 1.165) is 34.0 Å². The molecule has 8 rings (SSSR count). The van der Waals surface area contributed by atoms with Gasteiger partial charge in [0.05, 0.1) is 35.7 Å². The second-order valence-electron chi connectivity index (χ2n) is 17.4. The number of allylic oxidation sites excluding steroid dienone is 2. The van der Waals surface area contributed by atoms with Crippen LogP contribution in [0.2, 0.25) is 0 Å². The first-order valence-electron chi connectivity index (χ1n) is 23.3. The molecule has 8 heterocycles. The molecule has 7 aromatic heterocycles. The highest BCUT2D eigenvalue weighted by atomic mass is 32.1. The quantitative estimate of drug-likeness (QED) is 0.0756. The standard InChI is InChI=1S/C48H49N13O9S6/c1-8-24(37(65)49-12-20(5)62)51-38(66)28-15-73-46(56-28)32-18-74-45(58-32)26-11-10-23-36(50-26)27-13-75-48(53-27)35(22(7)64)61-41(69)31-17-76-47(57-31)33(19(3)4)59-39(67)30-16-72-44(55-30)25(9-2)52-42(70)34(21(6)63)60-40(68)29-14-71-43(23)54-29/h8-11,13-22,33-35,62-64H,12H2,1-7H3,(H,49,65)(H,51,66)(H,52,70)(H,59,67)(H,60,68)(H,61,69)/b24-8-,25-9-/t20-,21-,22-,33+,34+,35?/m1/s1. The van der Waals surface area contributed by atoms with Gasteiger partial charge in [0.25, 0.3) is 29.5 Å². The third-order valence-corrected chi connectivity index (χ3v) is 16.6. The number of amides is 6. The van der Waals surface area contributed by atoms with Gasteiger partial charge in [-0.2, -0.15) is 0 Å². The Morgan fingerprint density at radius 2 is 1.13 bits per heavy atom. The third kappa shape index (κ3) is 12.5. The van der Waals surface area contributed by atoms with Crippen LogP contribution in [0, 0.1) is 5.92 Å². The molecule has 0 saturated heterocycles. The predicted molar refractivity (Wildman–Crippen MR) is 290 cm³/mol. The van der Waals surface area contributed by atoms with Crippen LogP contribution < -0.4 is 31.9 Å². The molecule has 0 radical (unpaired) electrons. The number of pyridine rings is 1. The molecule has 1 aliphatic rings. The van der Waals surface area contributed by atoms with Crippen molar-refractivity contribution in [2.45, 2.75) is 84.9 Å². The van der Waals surface area contributed by atoms with Crippen molar-refractivity contribution >= 4 is 109 Å². The fraction of sp³-hybridized carbons (Fsp3) is 0.312. The Balaban J connectivity index is 1.15. The molecule has 0 aromatic carbocycles. The highest BCUT2D eigenvalue weighted by molar-refractivity contribution is 7.15. The minimum Gasteiger partial charge on any atom is -0.392 e. The van der Waals surface area contributed by atoms with E-state index in [1.165, 1.54) is 77.0 Å². The second kappa shape index (κ2) is 24.0. The third-order valence-electron chi connectivity index (χ3n) is 11.2. The molecular formula is C48H49N13O9S6. The molecule has 0 saturated carbocycles. The Morgan fingerprint density at radius 1 is 0.605 bits per heavy atom. The van der Waals surface area contributed by atoms with Crippen molar-refractivity contribution in [3.63, 3.8) is 0 Å². The van der Waals surface area contributed by atoms with Gasteiger partial charge >= 0.3 is 0 Å². The minimum atomic E-state index is -1.45. The van der Waals surface area contributed by atoms with Crippen LogP contribution in [0.4, 0.5) is 0 Å². The number of fused-ring (bicyclic) bond motifs is 11. The summed E-state index contributed by atoms with van der Waals surface area (Å²) in [6.45, 7) is 11.4. The Kier molecular flexibility index (Phi) is 17.5. The van der Waals surface area contributed by atoms with Gasteiger partial charge in [0, 0.05) is 44.4 Å². The molecule has 0 fully saturated rings. The SMILES string of the molecule is C/C=C(\NC(=O)c1csc(-c2csc(-c3ccc4c(n3)-c3csc(n3)C([C@@H](C)O)NC(=O)c3csc(n3)[C@H](C(C)C)NC(=O)c3csc(n3)/C(=C/C)NC(=O)[C@H]([C@@H](C)O)NC(=O)c3csc-4n3)n2)n1)C(=O)NC[C@@H](C)O. The average molecular weight is 1140 g/mol. The smallest absolute Gasteiger partial charge is 0.275 e. The van der Waals surface area contributed by atoms with Crippen molar-refractivity contribution in [2.75, 3.05) is 6.54 Å². The average Bonchev–Trinajstić information content (AvgIpc) is 4.26. The largest absolute Gasteiger partial charge is 0.392 e. The zero-order valence-electron chi connectivity index (χ0n) is 41.4. The van der Waals surface area contributed by atoms with Crippen molar-refractivity contribution in [1.82, 2.24) is 66.8 Å². The molecule has 7 aromatic rings. The number of nitrogens with zero attached hydrogens (tertiary/aromatic N) is 7. The maximum absolute atomic E-state index is 13.9. The molecule has 9 N–H and O–H groups in total. The number of aromatic nitrogens is 7. The van der Waals surface area contributed by atoms with Crippen LogP contribution >= 0.6 is 68.0 Å². The van der Waals surface area contributed by atoms with Gasteiger partial charge in [-0.05, 0) is 52.7 Å². The number of carbonyl (C=O) groups excluding carboxylic acids is 6. The van der Waals surface area contributed by atoms with E-state index in [9.17, 15) is 44.1 Å². The van der Waals surface area contributed by atoms with Gasteiger partial charge in [0.15, 0.2) is 0 Å². The maximum Gasteiger partial charge on any atom is 0.275 e. The van der Waals surface area contributed by atoms with E-state index >= 15 is 0 Å². The molecule has 76 heavy (non-hydrogen) atoms. The molecule has 28 heteroatoms. The molecule has 6 amide bonds. The van der Waals surface area contributed by atoms with Crippen LogP contribution in [0.5, 0.6) is 0 Å². The van der Waals surface area contributed by atoms with E-state index in [1.54, 1.807) is 48.2 Å². The number of carbonyl (C=O) groups is 6. The Labute approximate surface area is 458 Å².